The van der Waals surface area contributed by atoms with E-state index in [1.54, 1.807) is 60.7 Å². The molecule has 7 nitrogen and oxygen atoms in total. The van der Waals surface area contributed by atoms with Gasteiger partial charge < -0.3 is 5.11 Å². The van der Waals surface area contributed by atoms with Crippen molar-refractivity contribution in [2.24, 2.45) is 17.6 Å². The minimum absolute atomic E-state index is 0.255. The van der Waals surface area contributed by atoms with Crippen LogP contribution in [0.1, 0.15) is 20.7 Å². The van der Waals surface area contributed by atoms with Crippen molar-refractivity contribution in [1.29, 1.82) is 0 Å². The lowest BCUT2D eigenvalue weighted by Crippen LogP contribution is -2.69. The number of Topliss-reactive ketones (excluding diaryl/α,β-unsaturated/α-hetero) is 2. The molecule has 0 aliphatic carbocycles. The predicted octanol–water partition coefficient (Wildman–Crippen LogP) is -0.0589. The van der Waals surface area contributed by atoms with Crippen LogP contribution in [0.5, 0.6) is 0 Å². The number of nitrogens with one attached hydrogen (secondary N) is 2. The second kappa shape index (κ2) is 7.23. The standard InChI is InChI=1S/C16H18N4O3/c17-19-16(23,20-18)13(14(21)11-7-3-1-4-8-11)15(22)12-9-5-2-6-10-12/h1-10,13,19-20,23H,17-18H2. The van der Waals surface area contributed by atoms with E-state index < -0.39 is 23.3 Å². The van der Waals surface area contributed by atoms with Crippen LogP contribution in [0.2, 0.25) is 0 Å². The van der Waals surface area contributed by atoms with E-state index in [4.69, 9.17) is 11.7 Å². The summed E-state index contributed by atoms with van der Waals surface area (Å²) < 4.78 is 0. The Hall–Kier alpha value is -2.42. The molecule has 120 valence electrons. The molecule has 0 radical (unpaired) electrons. The number of benzene rings is 2. The number of hydrogen-bond donors (Lipinski definition) is 5. The molecule has 0 saturated heterocycles. The molecular weight excluding hydrogens is 296 g/mol. The fourth-order valence-corrected chi connectivity index (χ4v) is 2.25. The maximum Gasteiger partial charge on any atom is 0.214 e. The van der Waals surface area contributed by atoms with Crippen LogP contribution in [0, 0.1) is 5.92 Å². The number of aliphatic hydroxyl groups is 1. The normalized spacial score (nSPS) is 11.5. The van der Waals surface area contributed by atoms with E-state index >= 15 is 0 Å². The van der Waals surface area contributed by atoms with Crippen LogP contribution in [0.4, 0.5) is 0 Å². The third-order valence-electron chi connectivity index (χ3n) is 3.50. The van der Waals surface area contributed by atoms with E-state index in [1.807, 2.05) is 10.9 Å². The number of carbonyl (C=O) groups excluding carboxylic acids is 2. The highest BCUT2D eigenvalue weighted by molar-refractivity contribution is 6.16. The second-order valence-electron chi connectivity index (χ2n) is 4.95. The maximum atomic E-state index is 12.8. The van der Waals surface area contributed by atoms with Crippen molar-refractivity contribution >= 4 is 11.6 Å². The van der Waals surface area contributed by atoms with Gasteiger partial charge in [-0.05, 0) is 0 Å². The molecule has 0 fully saturated rings. The molecule has 2 aromatic rings. The Labute approximate surface area is 133 Å². The lowest BCUT2D eigenvalue weighted by Gasteiger charge is -2.32. The molecule has 2 aromatic carbocycles. The van der Waals surface area contributed by atoms with E-state index in [2.05, 4.69) is 0 Å². The molecule has 23 heavy (non-hydrogen) atoms. The van der Waals surface area contributed by atoms with Crippen molar-refractivity contribution in [3.8, 4) is 0 Å². The first kappa shape index (κ1) is 16.9. The summed E-state index contributed by atoms with van der Waals surface area (Å²) in [5.41, 5.74) is 4.53. The fourth-order valence-electron chi connectivity index (χ4n) is 2.25. The summed E-state index contributed by atoms with van der Waals surface area (Å²) in [5.74, 6) is 5.52. The molecule has 7 N–H and O–H groups in total. The van der Waals surface area contributed by atoms with Crippen LogP contribution in [0.3, 0.4) is 0 Å². The molecule has 0 unspecified atom stereocenters. The van der Waals surface area contributed by atoms with Crippen molar-refractivity contribution in [2.45, 2.75) is 5.85 Å². The molecule has 0 spiro atoms. The zero-order valence-corrected chi connectivity index (χ0v) is 12.3. The summed E-state index contributed by atoms with van der Waals surface area (Å²) in [7, 11) is 0. The molecule has 0 atom stereocenters. The molecule has 0 amide bonds. The fraction of sp³-hybridized carbons (Fsp3) is 0.125. The first-order chi connectivity index (χ1) is 11.0. The molecule has 0 aliphatic rings. The SMILES string of the molecule is NNC(O)(NN)C(C(=O)c1ccccc1)C(=O)c1ccccc1. The van der Waals surface area contributed by atoms with Crippen LogP contribution >= 0.6 is 0 Å². The highest BCUT2D eigenvalue weighted by Gasteiger charge is 2.45. The summed E-state index contributed by atoms with van der Waals surface area (Å²) in [6.07, 6.45) is 0. The van der Waals surface area contributed by atoms with Crippen molar-refractivity contribution < 1.29 is 14.7 Å². The number of nitrogens with two attached hydrogens (primary N) is 2. The van der Waals surface area contributed by atoms with E-state index in [1.165, 1.54) is 0 Å². The van der Waals surface area contributed by atoms with Gasteiger partial charge in [-0.25, -0.2) is 10.9 Å². The Balaban J connectivity index is 2.48. The number of hydrogen-bond acceptors (Lipinski definition) is 7. The van der Waals surface area contributed by atoms with Gasteiger partial charge in [0.25, 0.3) is 0 Å². The highest BCUT2D eigenvalue weighted by Crippen LogP contribution is 2.22. The van der Waals surface area contributed by atoms with Gasteiger partial charge in [0.05, 0.1) is 0 Å². The number of carbonyl (C=O) groups is 2. The van der Waals surface area contributed by atoms with Crippen LogP contribution in [0.15, 0.2) is 60.7 Å². The zero-order valence-electron chi connectivity index (χ0n) is 12.3. The van der Waals surface area contributed by atoms with E-state index in [0.29, 0.717) is 0 Å². The highest BCUT2D eigenvalue weighted by atomic mass is 16.3. The van der Waals surface area contributed by atoms with E-state index in [9.17, 15) is 14.7 Å². The van der Waals surface area contributed by atoms with Gasteiger partial charge in [0.15, 0.2) is 11.6 Å². The summed E-state index contributed by atoms with van der Waals surface area (Å²) >= 11 is 0. The Morgan fingerprint density at radius 1 is 0.826 bits per heavy atom. The molecule has 0 aromatic heterocycles. The Bertz CT molecular complexity index is 621. The molecule has 0 aliphatic heterocycles. The van der Waals surface area contributed by atoms with Gasteiger partial charge in [-0.2, -0.15) is 0 Å². The van der Waals surface area contributed by atoms with E-state index in [0.717, 1.165) is 0 Å². The van der Waals surface area contributed by atoms with Gasteiger partial charge in [0.1, 0.15) is 5.92 Å². The van der Waals surface area contributed by atoms with Crippen LogP contribution in [-0.2, 0) is 0 Å². The predicted molar refractivity (Wildman–Crippen MR) is 84.6 cm³/mol. The molecule has 0 saturated carbocycles. The lowest BCUT2D eigenvalue weighted by atomic mass is 9.86. The first-order valence-electron chi connectivity index (χ1n) is 6.90. The molecule has 0 heterocycles. The van der Waals surface area contributed by atoms with Crippen LogP contribution in [0.25, 0.3) is 0 Å². The molecular formula is C16H18N4O3. The second-order valence-corrected chi connectivity index (χ2v) is 4.95. The Kier molecular flexibility index (Phi) is 5.32. The van der Waals surface area contributed by atoms with Crippen molar-refractivity contribution in [3.63, 3.8) is 0 Å². The van der Waals surface area contributed by atoms with E-state index in [-0.39, 0.29) is 11.1 Å². The first-order valence-corrected chi connectivity index (χ1v) is 6.90. The minimum atomic E-state index is -2.29. The largest absolute Gasteiger partial charge is 0.360 e. The summed E-state index contributed by atoms with van der Waals surface area (Å²) in [5, 5.41) is 10.4. The monoisotopic (exact) mass is 314 g/mol. The number of hydrazine groups is 2. The van der Waals surface area contributed by atoms with Gasteiger partial charge >= 0.3 is 0 Å². The summed E-state index contributed by atoms with van der Waals surface area (Å²) in [6.45, 7) is 0. The lowest BCUT2D eigenvalue weighted by molar-refractivity contribution is -0.0581. The van der Waals surface area contributed by atoms with Crippen LogP contribution < -0.4 is 22.5 Å². The Morgan fingerprint density at radius 3 is 1.48 bits per heavy atom. The minimum Gasteiger partial charge on any atom is -0.360 e. The molecule has 2 rings (SSSR count). The van der Waals surface area contributed by atoms with Crippen molar-refractivity contribution in [1.82, 2.24) is 10.9 Å². The number of rotatable bonds is 7. The quantitative estimate of drug-likeness (QED) is 0.159. The third kappa shape index (κ3) is 3.50. The van der Waals surface area contributed by atoms with Gasteiger partial charge in [-0.15, -0.1) is 0 Å². The van der Waals surface area contributed by atoms with Crippen molar-refractivity contribution in [2.75, 3.05) is 0 Å². The smallest absolute Gasteiger partial charge is 0.214 e. The summed E-state index contributed by atoms with van der Waals surface area (Å²) in [4.78, 5) is 25.5. The van der Waals surface area contributed by atoms with Gasteiger partial charge in [0.2, 0.25) is 5.85 Å². The van der Waals surface area contributed by atoms with Gasteiger partial charge in [-0.3, -0.25) is 21.3 Å². The molecule has 7 heteroatoms. The third-order valence-corrected chi connectivity index (χ3v) is 3.50. The van der Waals surface area contributed by atoms with Gasteiger partial charge in [-0.1, -0.05) is 60.7 Å². The zero-order chi connectivity index (χ0) is 16.9. The van der Waals surface area contributed by atoms with Gasteiger partial charge in [0, 0.05) is 11.1 Å². The Morgan fingerprint density at radius 2 is 1.17 bits per heavy atom. The summed E-state index contributed by atoms with van der Waals surface area (Å²) in [6, 6.07) is 16.3. The van der Waals surface area contributed by atoms with Crippen LogP contribution in [-0.4, -0.2) is 22.5 Å². The molecule has 0 bridgehead atoms. The number of ketones is 2. The van der Waals surface area contributed by atoms with Crippen molar-refractivity contribution in [3.05, 3.63) is 71.8 Å². The average Bonchev–Trinajstić information content (AvgIpc) is 2.62. The maximum absolute atomic E-state index is 12.8. The topological polar surface area (TPSA) is 130 Å². The average molecular weight is 314 g/mol.